The lowest BCUT2D eigenvalue weighted by Gasteiger charge is -2.31. The molecular weight excluding hydrogens is 236 g/mol. The minimum absolute atomic E-state index is 0.159. The van der Waals surface area contributed by atoms with Gasteiger partial charge >= 0.3 is 5.97 Å². The fourth-order valence-electron chi connectivity index (χ4n) is 1.87. The molecule has 1 fully saturated rings. The molecule has 0 aromatic heterocycles. The number of carbonyl (C=O) groups excluding carboxylic acids is 1. The number of carbonyl (C=O) groups is 2. The van der Waals surface area contributed by atoms with E-state index in [-0.39, 0.29) is 11.8 Å². The Hall–Kier alpha value is -1.14. The zero-order valence-corrected chi connectivity index (χ0v) is 10.8. The van der Waals surface area contributed by atoms with E-state index in [0.717, 1.165) is 0 Å². The molecule has 1 unspecified atom stereocenters. The van der Waals surface area contributed by atoms with Crippen LogP contribution in [0, 0.1) is 5.92 Å². The van der Waals surface area contributed by atoms with E-state index in [1.54, 1.807) is 6.92 Å². The Balaban J connectivity index is 2.22. The maximum atomic E-state index is 11.9. The Kier molecular flexibility index (Phi) is 5.55. The van der Waals surface area contributed by atoms with E-state index in [0.29, 0.717) is 45.4 Å². The normalized spacial score (nSPS) is 20.1. The molecule has 0 aromatic carbocycles. The average molecular weight is 258 g/mol. The molecule has 6 nitrogen and oxygen atoms in total. The fraction of sp³-hybridized carbons (Fsp3) is 0.833. The Labute approximate surface area is 107 Å². The molecule has 18 heavy (non-hydrogen) atoms. The van der Waals surface area contributed by atoms with Crippen LogP contribution in [0.3, 0.4) is 0 Å². The lowest BCUT2D eigenvalue weighted by atomic mass is 9.90. The van der Waals surface area contributed by atoms with E-state index in [2.05, 4.69) is 5.32 Å². The molecule has 104 valence electrons. The Bertz CT molecular complexity index is 300. The molecule has 0 spiro atoms. The first-order valence-corrected chi connectivity index (χ1v) is 6.33. The van der Waals surface area contributed by atoms with Crippen LogP contribution < -0.4 is 11.1 Å². The van der Waals surface area contributed by atoms with Crippen molar-refractivity contribution in [2.45, 2.75) is 38.1 Å². The molecule has 1 aliphatic rings. The first kappa shape index (κ1) is 14.9. The number of carboxylic acid groups (broad SMARTS) is 1. The second kappa shape index (κ2) is 6.70. The number of hydrogen-bond acceptors (Lipinski definition) is 4. The summed E-state index contributed by atoms with van der Waals surface area (Å²) in [5.74, 6) is -1.34. The largest absolute Gasteiger partial charge is 0.481 e. The Morgan fingerprint density at radius 3 is 2.61 bits per heavy atom. The van der Waals surface area contributed by atoms with Crippen molar-refractivity contribution in [2.75, 3.05) is 19.8 Å². The Morgan fingerprint density at radius 2 is 2.06 bits per heavy atom. The van der Waals surface area contributed by atoms with Gasteiger partial charge in [0.25, 0.3) is 0 Å². The molecule has 1 atom stereocenters. The van der Waals surface area contributed by atoms with Crippen LogP contribution in [-0.2, 0) is 14.3 Å². The number of carboxylic acids is 1. The van der Waals surface area contributed by atoms with Crippen LogP contribution in [0.15, 0.2) is 0 Å². The highest BCUT2D eigenvalue weighted by Crippen LogP contribution is 2.17. The van der Waals surface area contributed by atoms with Crippen LogP contribution >= 0.6 is 0 Å². The lowest BCUT2D eigenvalue weighted by molar-refractivity contribution is -0.141. The molecule has 0 radical (unpaired) electrons. The lowest BCUT2D eigenvalue weighted by Crippen LogP contribution is -2.57. The smallest absolute Gasteiger partial charge is 0.306 e. The van der Waals surface area contributed by atoms with Crippen molar-refractivity contribution in [3.8, 4) is 0 Å². The van der Waals surface area contributed by atoms with Crippen molar-refractivity contribution < 1.29 is 19.4 Å². The van der Waals surface area contributed by atoms with Gasteiger partial charge in [0.2, 0.25) is 5.91 Å². The molecule has 1 saturated heterocycles. The molecule has 1 rings (SSSR count). The molecule has 1 aliphatic heterocycles. The monoisotopic (exact) mass is 258 g/mol. The zero-order valence-electron chi connectivity index (χ0n) is 10.8. The third kappa shape index (κ3) is 4.27. The van der Waals surface area contributed by atoms with Crippen molar-refractivity contribution in [2.24, 2.45) is 11.7 Å². The molecule has 4 N–H and O–H groups in total. The summed E-state index contributed by atoms with van der Waals surface area (Å²) in [6.07, 6.45) is 2.26. The number of hydrogen-bond donors (Lipinski definition) is 3. The molecule has 0 saturated carbocycles. The highest BCUT2D eigenvalue weighted by molar-refractivity contribution is 5.86. The van der Waals surface area contributed by atoms with E-state index < -0.39 is 11.5 Å². The number of aliphatic carboxylic acids is 1. The van der Waals surface area contributed by atoms with Gasteiger partial charge in [-0.15, -0.1) is 0 Å². The maximum Gasteiger partial charge on any atom is 0.306 e. The number of nitrogens with two attached hydrogens (primary N) is 1. The van der Waals surface area contributed by atoms with Crippen LogP contribution in [0.2, 0.25) is 0 Å². The summed E-state index contributed by atoms with van der Waals surface area (Å²) in [5, 5.41) is 11.5. The van der Waals surface area contributed by atoms with E-state index in [9.17, 15) is 9.59 Å². The van der Waals surface area contributed by atoms with Crippen LogP contribution in [0.25, 0.3) is 0 Å². The third-order valence-corrected chi connectivity index (χ3v) is 3.36. The number of nitrogens with one attached hydrogen (secondary N) is 1. The summed E-state index contributed by atoms with van der Waals surface area (Å²) in [6, 6.07) is 0. The molecule has 0 aliphatic carbocycles. The maximum absolute atomic E-state index is 11.9. The second-order valence-electron chi connectivity index (χ2n) is 4.91. The predicted octanol–water partition coefficient (Wildman–Crippen LogP) is 0.111. The molecule has 1 amide bonds. The summed E-state index contributed by atoms with van der Waals surface area (Å²) >= 11 is 0. The highest BCUT2D eigenvalue weighted by atomic mass is 16.5. The van der Waals surface area contributed by atoms with Crippen LogP contribution in [-0.4, -0.2) is 42.3 Å². The first-order chi connectivity index (χ1) is 8.46. The van der Waals surface area contributed by atoms with E-state index >= 15 is 0 Å². The van der Waals surface area contributed by atoms with Gasteiger partial charge in [-0.3, -0.25) is 9.59 Å². The summed E-state index contributed by atoms with van der Waals surface area (Å²) in [6.45, 7) is 3.16. The van der Waals surface area contributed by atoms with E-state index in [1.807, 2.05) is 0 Å². The van der Waals surface area contributed by atoms with Gasteiger partial charge in [-0.1, -0.05) is 6.92 Å². The quantitative estimate of drug-likeness (QED) is 0.587. The fourth-order valence-corrected chi connectivity index (χ4v) is 1.87. The molecular formula is C12H22N2O4. The average Bonchev–Trinajstić information content (AvgIpc) is 2.34. The highest BCUT2D eigenvalue weighted by Gasteiger charge is 2.35. The van der Waals surface area contributed by atoms with Gasteiger partial charge in [0.1, 0.15) is 0 Å². The number of rotatable bonds is 6. The first-order valence-electron chi connectivity index (χ1n) is 6.33. The summed E-state index contributed by atoms with van der Waals surface area (Å²) < 4.78 is 5.17. The second-order valence-corrected chi connectivity index (χ2v) is 4.91. The van der Waals surface area contributed by atoms with Gasteiger partial charge in [-0.05, 0) is 25.7 Å². The molecule has 0 bridgehead atoms. The third-order valence-electron chi connectivity index (χ3n) is 3.36. The van der Waals surface area contributed by atoms with Gasteiger partial charge < -0.3 is 20.9 Å². The zero-order chi connectivity index (χ0) is 13.6. The van der Waals surface area contributed by atoms with Gasteiger partial charge in [0.15, 0.2) is 0 Å². The summed E-state index contributed by atoms with van der Waals surface area (Å²) in [5.41, 5.74) is 5.18. The minimum atomic E-state index is -0.823. The van der Waals surface area contributed by atoms with Crippen molar-refractivity contribution in [1.82, 2.24) is 5.32 Å². The number of ether oxygens (including phenoxy) is 1. The van der Waals surface area contributed by atoms with Crippen molar-refractivity contribution >= 4 is 11.9 Å². The topological polar surface area (TPSA) is 102 Å². The summed E-state index contributed by atoms with van der Waals surface area (Å²) in [4.78, 5) is 22.5. The molecule has 6 heteroatoms. The van der Waals surface area contributed by atoms with Gasteiger partial charge in [-0.2, -0.15) is 0 Å². The standard InChI is InChI=1S/C12H22N2O4/c1-9(10(15)16)3-2-6-14-11(17)12(13)4-7-18-8-5-12/h9H,2-8,13H2,1H3,(H,14,17)(H,15,16). The van der Waals surface area contributed by atoms with Gasteiger partial charge in [0, 0.05) is 19.8 Å². The summed E-state index contributed by atoms with van der Waals surface area (Å²) in [7, 11) is 0. The van der Waals surface area contributed by atoms with Crippen molar-refractivity contribution in [3.63, 3.8) is 0 Å². The van der Waals surface area contributed by atoms with Crippen molar-refractivity contribution in [1.29, 1.82) is 0 Å². The van der Waals surface area contributed by atoms with Crippen LogP contribution in [0.5, 0.6) is 0 Å². The predicted molar refractivity (Wildman–Crippen MR) is 66.0 cm³/mol. The van der Waals surface area contributed by atoms with Gasteiger partial charge in [0.05, 0.1) is 11.5 Å². The number of amides is 1. The Morgan fingerprint density at radius 1 is 1.44 bits per heavy atom. The van der Waals surface area contributed by atoms with E-state index in [4.69, 9.17) is 15.6 Å². The van der Waals surface area contributed by atoms with E-state index in [1.165, 1.54) is 0 Å². The van der Waals surface area contributed by atoms with Crippen LogP contribution in [0.4, 0.5) is 0 Å². The molecule has 1 heterocycles. The van der Waals surface area contributed by atoms with Crippen molar-refractivity contribution in [3.05, 3.63) is 0 Å². The SMILES string of the molecule is CC(CCCNC(=O)C1(N)CCOCC1)C(=O)O. The molecule has 0 aromatic rings. The van der Waals surface area contributed by atoms with Crippen LogP contribution in [0.1, 0.15) is 32.6 Å². The minimum Gasteiger partial charge on any atom is -0.481 e. The van der Waals surface area contributed by atoms with Gasteiger partial charge in [-0.25, -0.2) is 0 Å².